The second-order valence-electron chi connectivity index (χ2n) is 8.58. The zero-order valence-corrected chi connectivity index (χ0v) is 18.8. The van der Waals surface area contributed by atoms with Crippen LogP contribution in [0.1, 0.15) is 39.3 Å². The third-order valence-corrected chi connectivity index (χ3v) is 5.87. The van der Waals surface area contributed by atoms with Crippen molar-refractivity contribution in [2.24, 2.45) is 11.8 Å². The van der Waals surface area contributed by atoms with Gasteiger partial charge in [0.2, 0.25) is 5.91 Å². The molecular formula is C22H29ClN4O3. The average molecular weight is 433 g/mol. The maximum atomic E-state index is 13.5. The molecule has 2 aliphatic heterocycles. The fraction of sp³-hybridized carbons (Fsp3) is 0.500. The standard InChI is InChI=1S/C22H29ClN4O3/c1-12(2)10-24-20(28)19(13(3)4)27-11-16-17(21(27)29)18(25-22(30)26(16)5)14-8-6-7-9-15(14)23/h6-9,12-13,18-19H,10-11H2,1-5H3,(H,24,28)(H,25,30)/t18-,19+/m1/s1. The summed E-state index contributed by atoms with van der Waals surface area (Å²) in [5.41, 5.74) is 1.73. The van der Waals surface area contributed by atoms with Crippen LogP contribution in [0.25, 0.3) is 0 Å². The quantitative estimate of drug-likeness (QED) is 0.725. The number of hydrogen-bond acceptors (Lipinski definition) is 3. The van der Waals surface area contributed by atoms with Crippen molar-refractivity contribution in [1.82, 2.24) is 20.4 Å². The maximum Gasteiger partial charge on any atom is 0.322 e. The Morgan fingerprint density at radius 2 is 1.90 bits per heavy atom. The summed E-state index contributed by atoms with van der Waals surface area (Å²) in [5, 5.41) is 6.30. The molecule has 8 heteroatoms. The highest BCUT2D eigenvalue weighted by atomic mass is 35.5. The van der Waals surface area contributed by atoms with Crippen molar-refractivity contribution in [1.29, 1.82) is 0 Å². The van der Waals surface area contributed by atoms with Crippen LogP contribution in [-0.4, -0.2) is 53.8 Å². The Morgan fingerprint density at radius 1 is 1.23 bits per heavy atom. The van der Waals surface area contributed by atoms with Gasteiger partial charge in [-0.05, 0) is 23.5 Å². The van der Waals surface area contributed by atoms with Crippen molar-refractivity contribution in [2.45, 2.75) is 39.8 Å². The molecule has 0 aliphatic carbocycles. The van der Waals surface area contributed by atoms with Gasteiger partial charge in [0.25, 0.3) is 5.91 Å². The van der Waals surface area contributed by atoms with Gasteiger partial charge in [-0.1, -0.05) is 57.5 Å². The summed E-state index contributed by atoms with van der Waals surface area (Å²) in [6.07, 6.45) is 0. The number of carbonyl (C=O) groups is 3. The van der Waals surface area contributed by atoms with Crippen molar-refractivity contribution in [2.75, 3.05) is 20.1 Å². The van der Waals surface area contributed by atoms with Crippen LogP contribution < -0.4 is 10.6 Å². The van der Waals surface area contributed by atoms with Crippen LogP contribution in [0.5, 0.6) is 0 Å². The Balaban J connectivity index is 1.97. The van der Waals surface area contributed by atoms with E-state index in [-0.39, 0.29) is 30.3 Å². The van der Waals surface area contributed by atoms with E-state index in [0.717, 1.165) is 0 Å². The van der Waals surface area contributed by atoms with E-state index in [1.807, 2.05) is 33.8 Å². The molecule has 0 saturated carbocycles. The second kappa shape index (κ2) is 8.68. The summed E-state index contributed by atoms with van der Waals surface area (Å²) in [5.74, 6) is -0.210. The summed E-state index contributed by atoms with van der Waals surface area (Å²) < 4.78 is 0. The van der Waals surface area contributed by atoms with Crippen LogP contribution in [0.4, 0.5) is 4.79 Å². The van der Waals surface area contributed by atoms with Crippen LogP contribution in [0, 0.1) is 11.8 Å². The molecule has 162 valence electrons. The molecule has 2 atom stereocenters. The first-order valence-electron chi connectivity index (χ1n) is 10.2. The third kappa shape index (κ3) is 4.03. The smallest absolute Gasteiger partial charge is 0.322 e. The number of carbonyl (C=O) groups excluding carboxylic acids is 3. The predicted octanol–water partition coefficient (Wildman–Crippen LogP) is 2.93. The molecule has 0 spiro atoms. The summed E-state index contributed by atoms with van der Waals surface area (Å²) in [6, 6.07) is 5.56. The largest absolute Gasteiger partial charge is 0.354 e. The maximum absolute atomic E-state index is 13.5. The number of rotatable bonds is 6. The van der Waals surface area contributed by atoms with Crippen molar-refractivity contribution >= 4 is 29.4 Å². The number of hydrogen-bond donors (Lipinski definition) is 2. The molecule has 3 rings (SSSR count). The first kappa shape index (κ1) is 22.2. The highest BCUT2D eigenvalue weighted by molar-refractivity contribution is 6.31. The molecule has 0 aromatic heterocycles. The molecule has 4 amide bonds. The first-order valence-corrected chi connectivity index (χ1v) is 10.6. The van der Waals surface area contributed by atoms with Crippen LogP contribution in [0.2, 0.25) is 5.02 Å². The minimum Gasteiger partial charge on any atom is -0.354 e. The Kier molecular flexibility index (Phi) is 6.41. The summed E-state index contributed by atoms with van der Waals surface area (Å²) in [7, 11) is 1.63. The summed E-state index contributed by atoms with van der Waals surface area (Å²) >= 11 is 6.37. The zero-order chi connectivity index (χ0) is 22.2. The van der Waals surface area contributed by atoms with Gasteiger partial charge in [0.15, 0.2) is 0 Å². The van der Waals surface area contributed by atoms with Gasteiger partial charge in [-0.2, -0.15) is 0 Å². The van der Waals surface area contributed by atoms with Crippen molar-refractivity contribution in [3.05, 3.63) is 46.1 Å². The fourth-order valence-corrected chi connectivity index (χ4v) is 4.21. The predicted molar refractivity (Wildman–Crippen MR) is 116 cm³/mol. The fourth-order valence-electron chi connectivity index (χ4n) is 3.97. The average Bonchev–Trinajstić information content (AvgIpc) is 3.01. The Bertz CT molecular complexity index is 896. The lowest BCUT2D eigenvalue weighted by molar-refractivity contribution is -0.138. The Hall–Kier alpha value is -2.54. The third-order valence-electron chi connectivity index (χ3n) is 5.52. The van der Waals surface area contributed by atoms with E-state index in [1.54, 1.807) is 30.1 Å². The molecular weight excluding hydrogens is 404 g/mol. The molecule has 7 nitrogen and oxygen atoms in total. The molecule has 0 radical (unpaired) electrons. The van der Waals surface area contributed by atoms with Crippen LogP contribution in [0.3, 0.4) is 0 Å². The lowest BCUT2D eigenvalue weighted by Crippen LogP contribution is -2.52. The number of benzene rings is 1. The topological polar surface area (TPSA) is 81.8 Å². The number of nitrogens with zero attached hydrogens (tertiary/aromatic N) is 2. The lowest BCUT2D eigenvalue weighted by atomic mass is 9.95. The second-order valence-corrected chi connectivity index (χ2v) is 8.99. The highest BCUT2D eigenvalue weighted by Gasteiger charge is 2.47. The molecule has 0 saturated heterocycles. The number of likely N-dealkylation sites (N-methyl/N-ethyl adjacent to an activating group) is 1. The molecule has 2 aliphatic rings. The molecule has 0 bridgehead atoms. The summed E-state index contributed by atoms with van der Waals surface area (Å²) in [4.78, 5) is 42.1. The van der Waals surface area contributed by atoms with Crippen molar-refractivity contribution in [3.8, 4) is 0 Å². The van der Waals surface area contributed by atoms with Gasteiger partial charge in [0, 0.05) is 18.6 Å². The molecule has 2 heterocycles. The van der Waals surface area contributed by atoms with Crippen molar-refractivity contribution in [3.63, 3.8) is 0 Å². The van der Waals surface area contributed by atoms with E-state index in [1.165, 1.54) is 4.90 Å². The van der Waals surface area contributed by atoms with E-state index < -0.39 is 12.1 Å². The van der Waals surface area contributed by atoms with Crippen LogP contribution in [0.15, 0.2) is 35.5 Å². The normalized spacial score (nSPS) is 20.1. The number of nitrogens with one attached hydrogen (secondary N) is 2. The summed E-state index contributed by atoms with van der Waals surface area (Å²) in [6.45, 7) is 8.63. The zero-order valence-electron chi connectivity index (χ0n) is 18.0. The number of amides is 4. The Morgan fingerprint density at radius 3 is 2.50 bits per heavy atom. The van der Waals surface area contributed by atoms with Gasteiger partial charge < -0.3 is 15.5 Å². The van der Waals surface area contributed by atoms with Crippen LogP contribution >= 0.6 is 11.6 Å². The molecule has 0 fully saturated rings. The van der Waals surface area contributed by atoms with E-state index in [4.69, 9.17) is 11.6 Å². The monoisotopic (exact) mass is 432 g/mol. The molecule has 1 aromatic carbocycles. The van der Waals surface area contributed by atoms with Gasteiger partial charge >= 0.3 is 6.03 Å². The van der Waals surface area contributed by atoms with Gasteiger partial charge in [-0.3, -0.25) is 14.5 Å². The Labute approximate surface area is 182 Å². The molecule has 2 N–H and O–H groups in total. The minimum absolute atomic E-state index is 0.0878. The van der Waals surface area contributed by atoms with E-state index in [9.17, 15) is 14.4 Å². The minimum atomic E-state index is -0.651. The van der Waals surface area contributed by atoms with E-state index in [2.05, 4.69) is 10.6 Å². The van der Waals surface area contributed by atoms with E-state index >= 15 is 0 Å². The van der Waals surface area contributed by atoms with Gasteiger partial charge in [-0.25, -0.2) is 4.79 Å². The molecule has 30 heavy (non-hydrogen) atoms. The highest BCUT2D eigenvalue weighted by Crippen LogP contribution is 2.39. The van der Waals surface area contributed by atoms with Crippen LogP contribution in [-0.2, 0) is 9.59 Å². The van der Waals surface area contributed by atoms with Gasteiger partial charge in [-0.15, -0.1) is 0 Å². The van der Waals surface area contributed by atoms with Gasteiger partial charge in [0.05, 0.1) is 23.9 Å². The lowest BCUT2D eigenvalue weighted by Gasteiger charge is -2.31. The van der Waals surface area contributed by atoms with Gasteiger partial charge in [0.1, 0.15) is 6.04 Å². The van der Waals surface area contributed by atoms with E-state index in [0.29, 0.717) is 34.3 Å². The molecule has 0 unspecified atom stereocenters. The van der Waals surface area contributed by atoms with Crippen molar-refractivity contribution < 1.29 is 14.4 Å². The first-order chi connectivity index (χ1) is 14.1. The number of halogens is 1. The SMILES string of the molecule is CC(C)CNC(=O)[C@H](C(C)C)N1CC2=C(C1=O)[C@@H](c1ccccc1Cl)NC(=O)N2C. The molecule has 1 aromatic rings. The number of urea groups is 1.